The summed E-state index contributed by atoms with van der Waals surface area (Å²) >= 11 is 2.84. The summed E-state index contributed by atoms with van der Waals surface area (Å²) in [5, 5.41) is 11.8. The summed E-state index contributed by atoms with van der Waals surface area (Å²) in [6.45, 7) is 7.15. The van der Waals surface area contributed by atoms with Gasteiger partial charge in [0.2, 0.25) is 5.84 Å². The number of amidine groups is 1. The second-order valence-electron chi connectivity index (χ2n) is 6.55. The lowest BCUT2D eigenvalue weighted by Gasteiger charge is -2.16. The van der Waals surface area contributed by atoms with Crippen LogP contribution in [0.5, 0.6) is 0 Å². The molecule has 10 heteroatoms. The van der Waals surface area contributed by atoms with Gasteiger partial charge in [-0.25, -0.2) is 13.8 Å². The van der Waals surface area contributed by atoms with E-state index < -0.39 is 19.7 Å². The Morgan fingerprint density at radius 2 is 2.12 bits per heavy atom. The first-order valence-corrected chi connectivity index (χ1v) is 11.7. The number of fused-ring (bicyclic) bond motifs is 1. The van der Waals surface area contributed by atoms with Crippen molar-refractivity contribution in [2.75, 3.05) is 6.61 Å². The van der Waals surface area contributed by atoms with Crippen LogP contribution in [-0.2, 0) is 11.5 Å². The van der Waals surface area contributed by atoms with E-state index in [1.807, 2.05) is 0 Å². The molecule has 6 nitrogen and oxygen atoms in total. The molecule has 0 spiro atoms. The van der Waals surface area contributed by atoms with Gasteiger partial charge in [-0.15, -0.1) is 0 Å². The Balaban J connectivity index is 2.42. The van der Waals surface area contributed by atoms with Crippen molar-refractivity contribution in [3.05, 3.63) is 28.0 Å². The van der Waals surface area contributed by atoms with Crippen molar-refractivity contribution in [3.63, 3.8) is 0 Å². The van der Waals surface area contributed by atoms with Crippen LogP contribution in [0.25, 0.3) is 11.0 Å². The van der Waals surface area contributed by atoms with Gasteiger partial charge in [0.1, 0.15) is 18.1 Å². The van der Waals surface area contributed by atoms with E-state index in [-0.39, 0.29) is 33.9 Å². The van der Waals surface area contributed by atoms with E-state index in [4.69, 9.17) is 15.7 Å². The summed E-state index contributed by atoms with van der Waals surface area (Å²) in [6, 6.07) is 2.07. The topological polar surface area (TPSA) is 85.7 Å². The van der Waals surface area contributed by atoms with Crippen LogP contribution in [0.3, 0.4) is 0 Å². The summed E-state index contributed by atoms with van der Waals surface area (Å²) in [6.07, 6.45) is 0. The van der Waals surface area contributed by atoms with Crippen molar-refractivity contribution in [3.8, 4) is 0 Å². The molecule has 0 bridgehead atoms. The minimum absolute atomic E-state index is 0.00690. The molecule has 24 heavy (non-hydrogen) atoms. The normalized spacial score (nSPS) is 13.0. The molecule has 3 N–H and O–H groups in total. The molecule has 0 aliphatic carbocycles. The average molecular weight is 421 g/mol. The molecule has 0 aliphatic heterocycles. The zero-order chi connectivity index (χ0) is 18.1. The molecular formula is C14H19BrF2N4O2Si. The van der Waals surface area contributed by atoms with Crippen LogP contribution in [0.2, 0.25) is 25.7 Å². The Morgan fingerprint density at radius 1 is 1.46 bits per heavy atom. The second kappa shape index (κ2) is 7.15. The third-order valence-corrected chi connectivity index (χ3v) is 5.87. The van der Waals surface area contributed by atoms with Crippen molar-refractivity contribution in [1.29, 1.82) is 0 Å². The highest BCUT2D eigenvalue weighted by atomic mass is 79.9. The molecule has 2 rings (SSSR count). The quantitative estimate of drug-likeness (QED) is 0.142. The fourth-order valence-corrected chi connectivity index (χ4v) is 3.13. The number of hydrogen-bond donors (Lipinski definition) is 2. The van der Waals surface area contributed by atoms with E-state index in [2.05, 4.69) is 45.7 Å². The van der Waals surface area contributed by atoms with Gasteiger partial charge in [0.05, 0.1) is 9.99 Å². The zero-order valence-corrected chi connectivity index (χ0v) is 16.2. The molecule has 0 saturated carbocycles. The zero-order valence-electron chi connectivity index (χ0n) is 13.6. The molecule has 0 radical (unpaired) electrons. The Hall–Kier alpha value is -1.52. The van der Waals surface area contributed by atoms with Gasteiger partial charge in [0, 0.05) is 20.7 Å². The molecule has 0 unspecified atom stereocenters. The highest BCUT2D eigenvalue weighted by Gasteiger charge is 2.21. The number of nitrogens with zero attached hydrogens (tertiary/aromatic N) is 3. The SMILES string of the molecule is C[Si](C)(C)CCOCn1c(/C(N)=N/O)nc2c(F)c(Br)c(F)cc21. The number of hydrogen-bond acceptors (Lipinski definition) is 4. The molecule has 0 saturated heterocycles. The molecule has 0 aliphatic rings. The average Bonchev–Trinajstić information content (AvgIpc) is 2.86. The second-order valence-corrected chi connectivity index (χ2v) is 13.0. The van der Waals surface area contributed by atoms with Crippen LogP contribution in [0.15, 0.2) is 15.7 Å². The number of oxime groups is 1. The number of rotatable bonds is 6. The first-order valence-electron chi connectivity index (χ1n) is 7.25. The molecule has 0 atom stereocenters. The number of halogens is 3. The highest BCUT2D eigenvalue weighted by molar-refractivity contribution is 9.10. The van der Waals surface area contributed by atoms with E-state index in [0.717, 1.165) is 12.1 Å². The van der Waals surface area contributed by atoms with Crippen LogP contribution in [0.1, 0.15) is 5.82 Å². The first kappa shape index (κ1) is 18.8. The van der Waals surface area contributed by atoms with Crippen molar-refractivity contribution in [2.24, 2.45) is 10.9 Å². The van der Waals surface area contributed by atoms with Crippen molar-refractivity contribution >= 4 is 40.9 Å². The number of imidazole rings is 1. The molecule has 132 valence electrons. The third kappa shape index (κ3) is 3.93. The van der Waals surface area contributed by atoms with Gasteiger partial charge < -0.3 is 15.7 Å². The lowest BCUT2D eigenvalue weighted by Crippen LogP contribution is -2.23. The predicted octanol–water partition coefficient (Wildman–Crippen LogP) is 3.48. The smallest absolute Gasteiger partial charge is 0.206 e. The maximum absolute atomic E-state index is 14.2. The van der Waals surface area contributed by atoms with Crippen LogP contribution in [-0.4, -0.2) is 35.3 Å². The largest absolute Gasteiger partial charge is 0.409 e. The van der Waals surface area contributed by atoms with Gasteiger partial charge in [0.25, 0.3) is 0 Å². The summed E-state index contributed by atoms with van der Waals surface area (Å²) in [4.78, 5) is 4.02. The summed E-state index contributed by atoms with van der Waals surface area (Å²) in [5.74, 6) is -1.92. The summed E-state index contributed by atoms with van der Waals surface area (Å²) < 4.78 is 34.8. The van der Waals surface area contributed by atoms with Crippen molar-refractivity contribution in [1.82, 2.24) is 9.55 Å². The van der Waals surface area contributed by atoms with Gasteiger partial charge >= 0.3 is 0 Å². The summed E-state index contributed by atoms with van der Waals surface area (Å²) in [5.41, 5.74) is 5.68. The lowest BCUT2D eigenvalue weighted by molar-refractivity contribution is 0.0894. The fourth-order valence-electron chi connectivity index (χ4n) is 2.07. The molecule has 1 aromatic heterocycles. The number of benzene rings is 1. The highest BCUT2D eigenvalue weighted by Crippen LogP contribution is 2.28. The number of nitrogens with two attached hydrogens (primary N) is 1. The maximum Gasteiger partial charge on any atom is 0.206 e. The van der Waals surface area contributed by atoms with Gasteiger partial charge in [-0.2, -0.15) is 0 Å². The standard InChI is InChI=1S/C14H19BrF2N4O2Si/c1-24(2,3)5-4-23-7-21-9-6-8(16)10(15)11(17)12(9)19-14(21)13(18)20-22/h6,22H,4-5,7H2,1-3H3,(H2,18,20). The van der Waals surface area contributed by atoms with Crippen LogP contribution in [0, 0.1) is 11.6 Å². The monoisotopic (exact) mass is 420 g/mol. The fraction of sp³-hybridized carbons (Fsp3) is 0.429. The van der Waals surface area contributed by atoms with Crippen molar-refractivity contribution < 1.29 is 18.7 Å². The molecule has 1 aromatic carbocycles. The number of ether oxygens (including phenoxy) is 1. The lowest BCUT2D eigenvalue weighted by atomic mass is 10.3. The number of aromatic nitrogens is 2. The third-order valence-electron chi connectivity index (χ3n) is 3.43. The first-order chi connectivity index (χ1) is 11.2. The predicted molar refractivity (Wildman–Crippen MR) is 94.0 cm³/mol. The van der Waals surface area contributed by atoms with Gasteiger partial charge in [-0.05, 0) is 22.0 Å². The molecule has 2 aromatic rings. The summed E-state index contributed by atoms with van der Waals surface area (Å²) in [7, 11) is -1.27. The minimum Gasteiger partial charge on any atom is -0.409 e. The molecule has 0 fully saturated rings. The van der Waals surface area contributed by atoms with Gasteiger partial charge in [0.15, 0.2) is 11.6 Å². The van der Waals surface area contributed by atoms with E-state index in [9.17, 15) is 8.78 Å². The van der Waals surface area contributed by atoms with Crippen molar-refractivity contribution in [2.45, 2.75) is 32.4 Å². The minimum atomic E-state index is -1.27. The Morgan fingerprint density at radius 3 is 2.71 bits per heavy atom. The van der Waals surface area contributed by atoms with Crippen LogP contribution >= 0.6 is 15.9 Å². The van der Waals surface area contributed by atoms with Crippen LogP contribution < -0.4 is 5.73 Å². The Kier molecular flexibility index (Phi) is 5.61. The van der Waals surface area contributed by atoms with Gasteiger partial charge in [-0.3, -0.25) is 4.57 Å². The Labute approximate surface area is 147 Å². The molecule has 1 heterocycles. The van der Waals surface area contributed by atoms with E-state index in [1.54, 1.807) is 0 Å². The molecule has 0 amide bonds. The Bertz CT molecular complexity index is 789. The van der Waals surface area contributed by atoms with E-state index in [0.29, 0.717) is 6.61 Å². The molecular weight excluding hydrogens is 402 g/mol. The van der Waals surface area contributed by atoms with E-state index in [1.165, 1.54) is 4.57 Å². The van der Waals surface area contributed by atoms with Gasteiger partial charge in [-0.1, -0.05) is 24.8 Å². The van der Waals surface area contributed by atoms with Crippen LogP contribution in [0.4, 0.5) is 8.78 Å². The maximum atomic E-state index is 14.2. The van der Waals surface area contributed by atoms with E-state index >= 15 is 0 Å².